The number of rotatable bonds is 6. The van der Waals surface area contributed by atoms with Crippen molar-refractivity contribution in [3.05, 3.63) is 65.5 Å². The van der Waals surface area contributed by atoms with Gasteiger partial charge < -0.3 is 0 Å². The van der Waals surface area contributed by atoms with E-state index in [4.69, 9.17) is 0 Å². The number of aryl methyl sites for hydroxylation is 2. The first-order chi connectivity index (χ1) is 16.9. The van der Waals surface area contributed by atoms with Gasteiger partial charge in [-0.05, 0) is 6.42 Å². The Morgan fingerprint density at radius 1 is 0.750 bits per heavy atom. The van der Waals surface area contributed by atoms with Crippen LogP contribution in [0.1, 0.15) is 40.7 Å². The topological polar surface area (TPSA) is 174 Å². The van der Waals surface area contributed by atoms with E-state index in [1.54, 1.807) is 6.92 Å². The van der Waals surface area contributed by atoms with Crippen LogP contribution in [0.2, 0.25) is 0 Å². The van der Waals surface area contributed by atoms with Crippen LogP contribution < -0.4 is 22.5 Å². The Morgan fingerprint density at radius 3 is 1.69 bits per heavy atom. The van der Waals surface area contributed by atoms with Gasteiger partial charge in [-0.25, -0.2) is 29.5 Å². The molecule has 0 unspecified atom stereocenters. The lowest BCUT2D eigenvalue weighted by molar-refractivity contribution is 0.0902. The fraction of sp³-hybridized carbons (Fsp3) is 0.364. The fourth-order valence-corrected chi connectivity index (χ4v) is 3.78. The zero-order chi connectivity index (χ0) is 26.5. The first-order valence-corrected chi connectivity index (χ1v) is 10.9. The van der Waals surface area contributed by atoms with Gasteiger partial charge in [-0.15, -0.1) is 0 Å². The van der Waals surface area contributed by atoms with Crippen LogP contribution in [0, 0.1) is 5.92 Å². The monoisotopic (exact) mass is 494 g/mol. The van der Waals surface area contributed by atoms with E-state index in [9.17, 15) is 28.8 Å². The van der Waals surface area contributed by atoms with Crippen molar-refractivity contribution in [1.82, 2.24) is 38.2 Å². The summed E-state index contributed by atoms with van der Waals surface area (Å²) in [4.78, 5) is 90.9. The van der Waals surface area contributed by atoms with E-state index >= 15 is 0 Å². The maximum Gasteiger partial charge on any atom is 0.332 e. The van der Waals surface area contributed by atoms with Crippen molar-refractivity contribution in [3.8, 4) is 0 Å². The van der Waals surface area contributed by atoms with Crippen molar-refractivity contribution in [2.45, 2.75) is 19.8 Å². The molecule has 4 aromatic heterocycles. The molecule has 4 aromatic rings. The molecule has 1 atom stereocenters. The summed E-state index contributed by atoms with van der Waals surface area (Å²) in [7, 11) is 5.50. The van der Waals surface area contributed by atoms with Crippen molar-refractivity contribution in [3.63, 3.8) is 0 Å². The Bertz CT molecular complexity index is 1830. The molecule has 0 aromatic carbocycles. The molecular formula is C22H22N8O6. The number of aromatic nitrogens is 8. The molecule has 0 saturated heterocycles. The Hall–Kier alpha value is -4.62. The summed E-state index contributed by atoms with van der Waals surface area (Å²) in [6, 6.07) is 0. The third kappa shape index (κ3) is 3.85. The molecule has 4 rings (SSSR count). The Morgan fingerprint density at radius 2 is 1.19 bits per heavy atom. The average molecular weight is 494 g/mol. The van der Waals surface area contributed by atoms with Gasteiger partial charge in [0.25, 0.3) is 11.1 Å². The summed E-state index contributed by atoms with van der Waals surface area (Å²) >= 11 is 0. The molecule has 0 aliphatic heterocycles. The van der Waals surface area contributed by atoms with Gasteiger partial charge in [0.15, 0.2) is 33.9 Å². The van der Waals surface area contributed by atoms with Crippen LogP contribution in [-0.2, 0) is 28.2 Å². The lowest BCUT2D eigenvalue weighted by Gasteiger charge is -2.11. The minimum atomic E-state index is -0.670. The van der Waals surface area contributed by atoms with E-state index in [-0.39, 0.29) is 46.6 Å². The van der Waals surface area contributed by atoms with Gasteiger partial charge in [-0.2, -0.15) is 0 Å². The maximum atomic E-state index is 12.9. The molecule has 0 N–H and O–H groups in total. The molecule has 14 nitrogen and oxygen atoms in total. The Kier molecular flexibility index (Phi) is 6.04. The summed E-state index contributed by atoms with van der Waals surface area (Å²) < 4.78 is 4.08. The zero-order valence-electron chi connectivity index (χ0n) is 20.2. The number of carbonyl (C=O) groups excluding carboxylic acids is 2. The minimum Gasteiger partial charge on any atom is -0.292 e. The average Bonchev–Trinajstić information content (AvgIpc) is 2.89. The van der Waals surface area contributed by atoms with Gasteiger partial charge >= 0.3 is 11.4 Å². The van der Waals surface area contributed by atoms with Crippen molar-refractivity contribution in [2.75, 3.05) is 0 Å². The first-order valence-electron chi connectivity index (χ1n) is 10.9. The maximum absolute atomic E-state index is 12.9. The highest BCUT2D eigenvalue weighted by molar-refractivity contribution is 5.98. The van der Waals surface area contributed by atoms with E-state index in [0.29, 0.717) is 0 Å². The van der Waals surface area contributed by atoms with Gasteiger partial charge in [0, 0.05) is 40.5 Å². The van der Waals surface area contributed by atoms with Crippen LogP contribution >= 0.6 is 0 Å². The Labute approximate surface area is 201 Å². The van der Waals surface area contributed by atoms with Gasteiger partial charge in [0.2, 0.25) is 0 Å². The van der Waals surface area contributed by atoms with Crippen LogP contribution in [0.4, 0.5) is 0 Å². The van der Waals surface area contributed by atoms with E-state index in [0.717, 1.165) is 18.3 Å². The summed E-state index contributed by atoms with van der Waals surface area (Å²) in [6.45, 7) is 1.61. The smallest absolute Gasteiger partial charge is 0.292 e. The Balaban J connectivity index is 1.56. The molecule has 0 aliphatic rings. The van der Waals surface area contributed by atoms with Crippen LogP contribution in [0.15, 0.2) is 31.6 Å². The van der Waals surface area contributed by atoms with Crippen molar-refractivity contribution >= 4 is 33.9 Å². The largest absolute Gasteiger partial charge is 0.332 e. The lowest BCUT2D eigenvalue weighted by Crippen LogP contribution is -2.38. The van der Waals surface area contributed by atoms with Crippen LogP contribution in [0.25, 0.3) is 22.3 Å². The molecule has 14 heteroatoms. The van der Waals surface area contributed by atoms with Crippen LogP contribution in [0.3, 0.4) is 0 Å². The number of fused-ring (bicyclic) bond motifs is 2. The quantitative estimate of drug-likeness (QED) is 0.298. The second kappa shape index (κ2) is 8.87. The highest BCUT2D eigenvalue weighted by Crippen LogP contribution is 2.15. The molecule has 0 saturated carbocycles. The molecule has 0 amide bonds. The number of ketones is 2. The molecule has 0 radical (unpaired) electrons. The number of Topliss-reactive ketones (excluding diaryl/α,β-unsaturated/α-hetero) is 2. The fourth-order valence-electron chi connectivity index (χ4n) is 3.78. The summed E-state index contributed by atoms with van der Waals surface area (Å²) in [5, 5.41) is 0. The number of nitrogens with zero attached hydrogens (tertiary/aromatic N) is 8. The van der Waals surface area contributed by atoms with Gasteiger partial charge in [-0.1, -0.05) is 6.92 Å². The lowest BCUT2D eigenvalue weighted by atomic mass is 9.96. The highest BCUT2D eigenvalue weighted by atomic mass is 16.2. The van der Waals surface area contributed by atoms with Gasteiger partial charge in [0.1, 0.15) is 11.4 Å². The normalized spacial score (nSPS) is 12.2. The number of hydrogen-bond acceptors (Lipinski definition) is 10. The van der Waals surface area contributed by atoms with Crippen molar-refractivity contribution in [2.24, 2.45) is 34.1 Å². The predicted octanol–water partition coefficient (Wildman–Crippen LogP) is -1.15. The van der Waals surface area contributed by atoms with Crippen molar-refractivity contribution < 1.29 is 9.59 Å². The van der Waals surface area contributed by atoms with Crippen LogP contribution in [-0.4, -0.2) is 49.8 Å². The highest BCUT2D eigenvalue weighted by Gasteiger charge is 2.22. The summed E-state index contributed by atoms with van der Waals surface area (Å²) in [6.07, 6.45) is 2.44. The third-order valence-electron chi connectivity index (χ3n) is 6.09. The summed E-state index contributed by atoms with van der Waals surface area (Å²) in [5.41, 5.74) is -2.71. The van der Waals surface area contributed by atoms with Gasteiger partial charge in [0.05, 0.1) is 12.4 Å². The van der Waals surface area contributed by atoms with Gasteiger partial charge in [-0.3, -0.25) is 37.4 Å². The molecule has 0 spiro atoms. The number of carbonyl (C=O) groups is 2. The predicted molar refractivity (Wildman–Crippen MR) is 127 cm³/mol. The second-order valence-electron chi connectivity index (χ2n) is 8.49. The molecule has 4 heterocycles. The molecule has 36 heavy (non-hydrogen) atoms. The van der Waals surface area contributed by atoms with Crippen molar-refractivity contribution in [1.29, 1.82) is 0 Å². The second-order valence-corrected chi connectivity index (χ2v) is 8.49. The molecule has 0 bridgehead atoms. The first kappa shape index (κ1) is 24.5. The molecule has 186 valence electrons. The van der Waals surface area contributed by atoms with Crippen LogP contribution in [0.5, 0.6) is 0 Å². The minimum absolute atomic E-state index is 0.0565. The molecule has 0 aliphatic carbocycles. The van der Waals surface area contributed by atoms with E-state index < -0.39 is 40.0 Å². The SMILES string of the molecule is C[C@@H](CCC(=O)c1cnc2c(n1)c(=O)n(C)c(=O)n2C)C(=O)c1cnc2c(n1)c(=O)n(C)c(=O)n2C. The molecule has 0 fully saturated rings. The third-order valence-corrected chi connectivity index (χ3v) is 6.09. The molecular weight excluding hydrogens is 472 g/mol. The van der Waals surface area contributed by atoms with E-state index in [2.05, 4.69) is 19.9 Å². The standard InChI is InChI=1S/C22H22N8O6/c1-10(16(32)12-9-24-18-15(26-12)20(34)30(5)22(36)28(18)3)6-7-13(31)11-8-23-17-14(25-11)19(33)29(4)21(35)27(17)2/h8-10H,6-7H2,1-5H3/t10-/m0/s1. The number of hydrogen-bond donors (Lipinski definition) is 0. The summed E-state index contributed by atoms with van der Waals surface area (Å²) in [5.74, 6) is -1.52. The van der Waals surface area contributed by atoms with E-state index in [1.165, 1.54) is 40.6 Å². The zero-order valence-corrected chi connectivity index (χ0v) is 20.2. The van der Waals surface area contributed by atoms with E-state index in [1.807, 2.05) is 0 Å².